The lowest BCUT2D eigenvalue weighted by Crippen LogP contribution is -2.41. The van der Waals surface area contributed by atoms with Crippen LogP contribution in [-0.2, 0) is 14.8 Å². The molecule has 1 saturated heterocycles. The Kier molecular flexibility index (Phi) is 4.26. The van der Waals surface area contributed by atoms with Gasteiger partial charge in [0, 0.05) is 19.0 Å². The zero-order valence-corrected chi connectivity index (χ0v) is 9.88. The summed E-state index contributed by atoms with van der Waals surface area (Å²) < 4.78 is 25.5. The van der Waals surface area contributed by atoms with Crippen LogP contribution in [0, 0.1) is 11.3 Å². The summed E-state index contributed by atoms with van der Waals surface area (Å²) in [6.45, 7) is 1.80. The van der Waals surface area contributed by atoms with E-state index in [0.717, 1.165) is 0 Å². The number of hydrogen-bond acceptors (Lipinski definition) is 4. The first-order valence-corrected chi connectivity index (χ1v) is 6.71. The molecule has 2 unspecified atom stereocenters. The first kappa shape index (κ1) is 12.9. The van der Waals surface area contributed by atoms with Crippen molar-refractivity contribution < 1.29 is 13.2 Å². The van der Waals surface area contributed by atoms with Gasteiger partial charge in [-0.3, -0.25) is 4.79 Å². The van der Waals surface area contributed by atoms with E-state index < -0.39 is 15.3 Å². The minimum atomic E-state index is -3.59. The highest BCUT2D eigenvalue weighted by molar-refractivity contribution is 7.90. The Balaban J connectivity index is 2.48. The SMILES string of the molecule is CCC(C#N)S(=O)(=O)NCC1CCC(=O)N1. The van der Waals surface area contributed by atoms with E-state index in [0.29, 0.717) is 12.8 Å². The monoisotopic (exact) mass is 245 g/mol. The Hall–Kier alpha value is -1.13. The standard InChI is InChI=1S/C9H15N3O3S/c1-2-8(5-10)16(14,15)11-6-7-3-4-9(13)12-7/h7-8,11H,2-4,6H2,1H3,(H,12,13). The van der Waals surface area contributed by atoms with Gasteiger partial charge in [-0.15, -0.1) is 0 Å². The van der Waals surface area contributed by atoms with E-state index in [1.54, 1.807) is 13.0 Å². The number of nitrogens with one attached hydrogen (secondary N) is 2. The highest BCUT2D eigenvalue weighted by Gasteiger charge is 2.26. The number of carbonyl (C=O) groups is 1. The van der Waals surface area contributed by atoms with Gasteiger partial charge < -0.3 is 5.32 Å². The molecule has 7 heteroatoms. The first-order chi connectivity index (χ1) is 7.49. The molecule has 0 aromatic heterocycles. The molecule has 2 atom stereocenters. The number of amides is 1. The van der Waals surface area contributed by atoms with Crippen molar-refractivity contribution in [3.63, 3.8) is 0 Å². The number of hydrogen-bond donors (Lipinski definition) is 2. The molecule has 1 aliphatic rings. The number of carbonyl (C=O) groups excluding carboxylic acids is 1. The lowest BCUT2D eigenvalue weighted by molar-refractivity contribution is -0.119. The quantitative estimate of drug-likeness (QED) is 0.681. The minimum Gasteiger partial charge on any atom is -0.352 e. The summed E-state index contributed by atoms with van der Waals surface area (Å²) in [4.78, 5) is 10.9. The molecule has 0 aliphatic carbocycles. The fourth-order valence-electron chi connectivity index (χ4n) is 1.53. The summed E-state index contributed by atoms with van der Waals surface area (Å²) in [5.41, 5.74) is 0. The first-order valence-electron chi connectivity index (χ1n) is 5.17. The van der Waals surface area contributed by atoms with E-state index in [2.05, 4.69) is 10.0 Å². The highest BCUT2D eigenvalue weighted by atomic mass is 32.2. The number of nitriles is 1. The lowest BCUT2D eigenvalue weighted by Gasteiger charge is -2.13. The summed E-state index contributed by atoms with van der Waals surface area (Å²) in [6.07, 6.45) is 1.31. The molecule has 0 aromatic rings. The van der Waals surface area contributed by atoms with Gasteiger partial charge in [0.2, 0.25) is 15.9 Å². The molecule has 16 heavy (non-hydrogen) atoms. The molecule has 1 amide bonds. The zero-order valence-electron chi connectivity index (χ0n) is 9.06. The third kappa shape index (κ3) is 3.18. The maximum atomic E-state index is 11.6. The van der Waals surface area contributed by atoms with Gasteiger partial charge in [0.1, 0.15) is 0 Å². The van der Waals surface area contributed by atoms with Crippen molar-refractivity contribution in [2.24, 2.45) is 0 Å². The van der Waals surface area contributed by atoms with Gasteiger partial charge >= 0.3 is 0 Å². The van der Waals surface area contributed by atoms with E-state index in [-0.39, 0.29) is 24.9 Å². The van der Waals surface area contributed by atoms with Gasteiger partial charge in [0.05, 0.1) is 6.07 Å². The zero-order chi connectivity index (χ0) is 12.2. The highest BCUT2D eigenvalue weighted by Crippen LogP contribution is 2.07. The average molecular weight is 245 g/mol. The number of sulfonamides is 1. The van der Waals surface area contributed by atoms with Gasteiger partial charge in [0.25, 0.3) is 0 Å². The predicted octanol–water partition coefficient (Wildman–Crippen LogP) is -0.513. The van der Waals surface area contributed by atoms with Crippen molar-refractivity contribution in [1.82, 2.24) is 10.0 Å². The second-order valence-electron chi connectivity index (χ2n) is 3.72. The van der Waals surface area contributed by atoms with E-state index in [1.165, 1.54) is 0 Å². The third-order valence-electron chi connectivity index (χ3n) is 2.51. The topological polar surface area (TPSA) is 99.1 Å². The second kappa shape index (κ2) is 5.27. The van der Waals surface area contributed by atoms with Crippen molar-refractivity contribution >= 4 is 15.9 Å². The van der Waals surface area contributed by atoms with Gasteiger partial charge in [-0.1, -0.05) is 6.92 Å². The molecule has 90 valence electrons. The molecule has 1 rings (SSSR count). The van der Waals surface area contributed by atoms with Crippen LogP contribution in [0.5, 0.6) is 0 Å². The largest absolute Gasteiger partial charge is 0.352 e. The van der Waals surface area contributed by atoms with E-state index in [4.69, 9.17) is 5.26 Å². The summed E-state index contributed by atoms with van der Waals surface area (Å²) in [6, 6.07) is 1.58. The molecule has 6 nitrogen and oxygen atoms in total. The van der Waals surface area contributed by atoms with E-state index in [1.807, 2.05) is 0 Å². The molecule has 2 N–H and O–H groups in total. The minimum absolute atomic E-state index is 0.0588. The van der Waals surface area contributed by atoms with Crippen molar-refractivity contribution in [3.05, 3.63) is 0 Å². The molecule has 0 spiro atoms. The molecule has 0 radical (unpaired) electrons. The molecular weight excluding hydrogens is 230 g/mol. The van der Waals surface area contributed by atoms with Gasteiger partial charge in [-0.05, 0) is 12.8 Å². The predicted molar refractivity (Wildman–Crippen MR) is 57.8 cm³/mol. The summed E-state index contributed by atoms with van der Waals surface area (Å²) in [5, 5.41) is 10.3. The van der Waals surface area contributed by atoms with Crippen molar-refractivity contribution in [2.45, 2.75) is 37.5 Å². The molecule has 0 aromatic carbocycles. The maximum absolute atomic E-state index is 11.6. The van der Waals surface area contributed by atoms with Crippen molar-refractivity contribution in [1.29, 1.82) is 5.26 Å². The molecular formula is C9H15N3O3S. The van der Waals surface area contributed by atoms with Crippen LogP contribution in [0.2, 0.25) is 0 Å². The molecule has 1 fully saturated rings. The fourth-order valence-corrected chi connectivity index (χ4v) is 2.74. The smallest absolute Gasteiger partial charge is 0.228 e. The number of nitrogens with zero attached hydrogens (tertiary/aromatic N) is 1. The normalized spacial score (nSPS) is 22.5. The molecule has 1 heterocycles. The van der Waals surface area contributed by atoms with Crippen LogP contribution in [0.15, 0.2) is 0 Å². The second-order valence-corrected chi connectivity index (χ2v) is 5.67. The van der Waals surface area contributed by atoms with Crippen LogP contribution >= 0.6 is 0 Å². The molecule has 0 saturated carbocycles. The Labute approximate surface area is 95.1 Å². The van der Waals surface area contributed by atoms with Crippen LogP contribution < -0.4 is 10.0 Å². The van der Waals surface area contributed by atoms with Crippen LogP contribution in [0.3, 0.4) is 0 Å². The maximum Gasteiger partial charge on any atom is 0.228 e. The van der Waals surface area contributed by atoms with Crippen LogP contribution in [0.1, 0.15) is 26.2 Å². The van der Waals surface area contributed by atoms with Crippen molar-refractivity contribution in [3.8, 4) is 6.07 Å². The van der Waals surface area contributed by atoms with Gasteiger partial charge in [-0.25, -0.2) is 13.1 Å². The lowest BCUT2D eigenvalue weighted by atomic mass is 10.2. The van der Waals surface area contributed by atoms with Crippen LogP contribution in [0.4, 0.5) is 0 Å². The average Bonchev–Trinajstić information content (AvgIpc) is 2.63. The molecule has 0 bridgehead atoms. The van der Waals surface area contributed by atoms with Crippen LogP contribution in [0.25, 0.3) is 0 Å². The summed E-state index contributed by atoms with van der Waals surface area (Å²) in [5.74, 6) is -0.0588. The van der Waals surface area contributed by atoms with Crippen LogP contribution in [-0.4, -0.2) is 32.2 Å². The molecule has 1 aliphatic heterocycles. The van der Waals surface area contributed by atoms with Crippen molar-refractivity contribution in [2.75, 3.05) is 6.54 Å². The Morgan fingerprint density at radius 2 is 2.38 bits per heavy atom. The fraction of sp³-hybridized carbons (Fsp3) is 0.778. The van der Waals surface area contributed by atoms with Gasteiger partial charge in [0.15, 0.2) is 5.25 Å². The Morgan fingerprint density at radius 1 is 1.69 bits per heavy atom. The number of rotatable bonds is 5. The van der Waals surface area contributed by atoms with E-state index >= 15 is 0 Å². The third-order valence-corrected chi connectivity index (χ3v) is 4.26. The summed E-state index contributed by atoms with van der Waals surface area (Å²) in [7, 11) is -3.59. The van der Waals surface area contributed by atoms with E-state index in [9.17, 15) is 13.2 Å². The summed E-state index contributed by atoms with van der Waals surface area (Å²) >= 11 is 0. The Morgan fingerprint density at radius 3 is 2.81 bits per heavy atom. The Bertz CT molecular complexity index is 399. The van der Waals surface area contributed by atoms with Gasteiger partial charge in [-0.2, -0.15) is 5.26 Å².